The van der Waals surface area contributed by atoms with Crippen molar-refractivity contribution >= 4 is 5.97 Å². The largest absolute Gasteiger partial charge is 0.456 e. The fourth-order valence-corrected chi connectivity index (χ4v) is 3.91. The number of unbranched alkanes of at least 4 members (excludes halogenated alkanes) is 11. The van der Waals surface area contributed by atoms with Crippen molar-refractivity contribution in [2.24, 2.45) is 0 Å². The Morgan fingerprint density at radius 2 is 1.44 bits per heavy atom. The van der Waals surface area contributed by atoms with Gasteiger partial charge in [-0.3, -0.25) is 4.79 Å². The van der Waals surface area contributed by atoms with Crippen LogP contribution in [0.4, 0.5) is 0 Å². The van der Waals surface area contributed by atoms with Crippen LogP contribution >= 0.6 is 0 Å². The van der Waals surface area contributed by atoms with Gasteiger partial charge in [0.05, 0.1) is 20.6 Å². The molecular formula is C24H46NO2+. The van der Waals surface area contributed by atoms with E-state index >= 15 is 0 Å². The molecule has 1 heterocycles. The predicted molar refractivity (Wildman–Crippen MR) is 116 cm³/mol. The Morgan fingerprint density at radius 1 is 0.889 bits per heavy atom. The molecule has 0 N–H and O–H groups in total. The van der Waals surface area contributed by atoms with Crippen LogP contribution in [0.15, 0.2) is 12.2 Å². The molecule has 0 aromatic carbocycles. The third-order valence-electron chi connectivity index (χ3n) is 5.70. The van der Waals surface area contributed by atoms with Crippen LogP contribution in [-0.2, 0) is 9.53 Å². The summed E-state index contributed by atoms with van der Waals surface area (Å²) >= 11 is 0. The molecule has 0 aromatic rings. The molecule has 0 saturated carbocycles. The predicted octanol–water partition coefficient (Wildman–Crippen LogP) is 6.42. The Morgan fingerprint density at radius 3 is 2.00 bits per heavy atom. The molecule has 3 nitrogen and oxygen atoms in total. The van der Waals surface area contributed by atoms with Crippen LogP contribution in [-0.4, -0.2) is 43.7 Å². The average molecular weight is 381 g/mol. The lowest BCUT2D eigenvalue weighted by Crippen LogP contribution is -2.38. The van der Waals surface area contributed by atoms with E-state index in [1.54, 1.807) is 0 Å². The van der Waals surface area contributed by atoms with Crippen LogP contribution in [0.2, 0.25) is 0 Å². The Kier molecular flexibility index (Phi) is 13.6. The van der Waals surface area contributed by atoms with Crippen LogP contribution in [0, 0.1) is 0 Å². The number of carbonyl (C=O) groups is 1. The van der Waals surface area contributed by atoms with Crippen molar-refractivity contribution in [1.29, 1.82) is 0 Å². The quantitative estimate of drug-likeness (QED) is 0.134. The van der Waals surface area contributed by atoms with Crippen LogP contribution < -0.4 is 0 Å². The van der Waals surface area contributed by atoms with Gasteiger partial charge in [0.2, 0.25) is 0 Å². The average Bonchev–Trinajstić information content (AvgIpc) is 2.96. The van der Waals surface area contributed by atoms with Gasteiger partial charge in [-0.15, -0.1) is 0 Å². The van der Waals surface area contributed by atoms with E-state index < -0.39 is 0 Å². The fraction of sp³-hybridized carbons (Fsp3) is 0.875. The lowest BCUT2D eigenvalue weighted by atomic mass is 10.1. The minimum Gasteiger partial charge on any atom is -0.456 e. The number of nitrogens with zero attached hydrogens (tertiary/aromatic N) is 1. The SMILES string of the molecule is CCCCCCCC/C=C\CCCCCCCC(=O)OC1CC[N+](C)(C)C1. The van der Waals surface area contributed by atoms with Crippen LogP contribution in [0.25, 0.3) is 0 Å². The highest BCUT2D eigenvalue weighted by molar-refractivity contribution is 5.69. The molecule has 1 unspecified atom stereocenters. The molecule has 1 atom stereocenters. The third kappa shape index (κ3) is 13.9. The molecule has 1 rings (SSSR count). The molecule has 1 fully saturated rings. The van der Waals surface area contributed by atoms with Crippen molar-refractivity contribution < 1.29 is 14.0 Å². The summed E-state index contributed by atoms with van der Waals surface area (Å²) in [5.74, 6) is 0.0135. The minimum absolute atomic E-state index is 0.0135. The normalized spacial score (nSPS) is 19.0. The van der Waals surface area contributed by atoms with E-state index in [4.69, 9.17) is 4.74 Å². The second kappa shape index (κ2) is 15.1. The lowest BCUT2D eigenvalue weighted by molar-refractivity contribution is -0.879. The summed E-state index contributed by atoms with van der Waals surface area (Å²) in [4.78, 5) is 11.9. The number of esters is 1. The van der Waals surface area contributed by atoms with E-state index in [1.807, 2.05) is 0 Å². The van der Waals surface area contributed by atoms with Crippen molar-refractivity contribution in [3.63, 3.8) is 0 Å². The first kappa shape index (κ1) is 24.2. The molecule has 3 heteroatoms. The Bertz CT molecular complexity index is 403. The number of rotatable bonds is 16. The second-order valence-corrected chi connectivity index (χ2v) is 9.08. The van der Waals surface area contributed by atoms with Crippen molar-refractivity contribution in [2.45, 2.75) is 109 Å². The zero-order chi connectivity index (χ0) is 19.8. The van der Waals surface area contributed by atoms with Gasteiger partial charge >= 0.3 is 5.97 Å². The zero-order valence-electron chi connectivity index (χ0n) is 18.5. The van der Waals surface area contributed by atoms with E-state index in [9.17, 15) is 4.79 Å². The number of likely N-dealkylation sites (tertiary alicyclic amines) is 1. The van der Waals surface area contributed by atoms with Gasteiger partial charge in [0, 0.05) is 12.8 Å². The van der Waals surface area contributed by atoms with Crippen molar-refractivity contribution in [2.75, 3.05) is 27.2 Å². The number of quaternary nitrogens is 1. The molecular weight excluding hydrogens is 334 g/mol. The van der Waals surface area contributed by atoms with Crippen LogP contribution in [0.3, 0.4) is 0 Å². The Balaban J connectivity index is 1.82. The number of hydrogen-bond acceptors (Lipinski definition) is 2. The van der Waals surface area contributed by atoms with E-state index in [-0.39, 0.29) is 12.1 Å². The van der Waals surface area contributed by atoms with Crippen molar-refractivity contribution in [1.82, 2.24) is 0 Å². The summed E-state index contributed by atoms with van der Waals surface area (Å²) in [7, 11) is 4.41. The first-order chi connectivity index (χ1) is 13.0. The summed E-state index contributed by atoms with van der Waals surface area (Å²) in [5, 5.41) is 0. The summed E-state index contributed by atoms with van der Waals surface area (Å²) in [6.07, 6.45) is 23.2. The van der Waals surface area contributed by atoms with Gasteiger partial charge in [-0.25, -0.2) is 0 Å². The minimum atomic E-state index is 0.0135. The maximum Gasteiger partial charge on any atom is 0.306 e. The lowest BCUT2D eigenvalue weighted by Gasteiger charge is -2.22. The molecule has 0 radical (unpaired) electrons. The van der Waals surface area contributed by atoms with Gasteiger partial charge in [-0.2, -0.15) is 0 Å². The van der Waals surface area contributed by atoms with E-state index in [0.29, 0.717) is 6.42 Å². The number of ether oxygens (including phenoxy) is 1. The molecule has 0 bridgehead atoms. The molecule has 27 heavy (non-hydrogen) atoms. The molecule has 0 aromatic heterocycles. The second-order valence-electron chi connectivity index (χ2n) is 9.08. The fourth-order valence-electron chi connectivity index (χ4n) is 3.91. The molecule has 0 spiro atoms. The van der Waals surface area contributed by atoms with Gasteiger partial charge in [0.25, 0.3) is 0 Å². The highest BCUT2D eigenvalue weighted by Crippen LogP contribution is 2.18. The molecule has 0 amide bonds. The maximum absolute atomic E-state index is 11.9. The maximum atomic E-state index is 11.9. The first-order valence-electron chi connectivity index (χ1n) is 11.7. The van der Waals surface area contributed by atoms with Gasteiger partial charge in [-0.1, -0.05) is 70.4 Å². The van der Waals surface area contributed by atoms with Crippen LogP contribution in [0.5, 0.6) is 0 Å². The van der Waals surface area contributed by atoms with Gasteiger partial charge < -0.3 is 9.22 Å². The summed E-state index contributed by atoms with van der Waals surface area (Å²) in [6, 6.07) is 0. The van der Waals surface area contributed by atoms with Crippen molar-refractivity contribution in [3.05, 3.63) is 12.2 Å². The van der Waals surface area contributed by atoms with E-state index in [1.165, 1.54) is 70.6 Å². The van der Waals surface area contributed by atoms with Gasteiger partial charge in [-0.05, 0) is 32.1 Å². The summed E-state index contributed by atoms with van der Waals surface area (Å²) in [6.45, 7) is 4.36. The summed E-state index contributed by atoms with van der Waals surface area (Å²) < 4.78 is 6.58. The number of hydrogen-bond donors (Lipinski definition) is 0. The van der Waals surface area contributed by atoms with E-state index in [2.05, 4.69) is 33.2 Å². The molecule has 1 saturated heterocycles. The van der Waals surface area contributed by atoms with Gasteiger partial charge in [0.15, 0.2) is 6.10 Å². The highest BCUT2D eigenvalue weighted by Gasteiger charge is 2.33. The number of allylic oxidation sites excluding steroid dienone is 2. The van der Waals surface area contributed by atoms with Gasteiger partial charge in [0.1, 0.15) is 6.54 Å². The first-order valence-corrected chi connectivity index (χ1v) is 11.7. The number of likely N-dealkylation sites (N-methyl/N-ethyl adjacent to an activating group) is 1. The van der Waals surface area contributed by atoms with E-state index in [0.717, 1.165) is 36.8 Å². The third-order valence-corrected chi connectivity index (χ3v) is 5.70. The number of carbonyl (C=O) groups excluding carboxylic acids is 1. The Hall–Kier alpha value is -0.830. The Labute approximate surface area is 169 Å². The topological polar surface area (TPSA) is 26.3 Å². The zero-order valence-corrected chi connectivity index (χ0v) is 18.5. The monoisotopic (exact) mass is 380 g/mol. The molecule has 158 valence electrons. The highest BCUT2D eigenvalue weighted by atomic mass is 16.5. The molecule has 1 aliphatic rings. The molecule has 0 aliphatic carbocycles. The molecule has 1 aliphatic heterocycles. The van der Waals surface area contributed by atoms with Crippen LogP contribution in [0.1, 0.15) is 103 Å². The summed E-state index contributed by atoms with van der Waals surface area (Å²) in [5.41, 5.74) is 0. The smallest absolute Gasteiger partial charge is 0.306 e. The standard InChI is InChI=1S/C24H46NO2/c1-4-5-6-7-8-9-10-11-12-13-14-15-16-17-18-19-24(26)27-23-20-21-25(2,3)22-23/h11-12,23H,4-10,13-22H2,1-3H3/q+1/b12-11-. The van der Waals surface area contributed by atoms with Crippen molar-refractivity contribution in [3.8, 4) is 0 Å².